The molecule has 0 aromatic heterocycles. The van der Waals surface area contributed by atoms with Crippen molar-refractivity contribution in [2.24, 2.45) is 5.92 Å². The van der Waals surface area contributed by atoms with Crippen LogP contribution in [0.15, 0.2) is 24.3 Å². The number of benzene rings is 1. The highest BCUT2D eigenvalue weighted by atomic mass is 16.3. The number of hydrogen-bond donors (Lipinski definition) is 3. The van der Waals surface area contributed by atoms with Gasteiger partial charge in [0.2, 0.25) is 5.91 Å². The SMILES string of the molecule is CC(C)C(CCO)NC(=O)C1CCNc2ccccc21. The molecule has 0 spiro atoms. The Balaban J connectivity index is 2.10. The molecule has 3 N–H and O–H groups in total. The quantitative estimate of drug-likeness (QED) is 0.772. The third kappa shape index (κ3) is 3.31. The van der Waals surface area contributed by atoms with Gasteiger partial charge in [-0.25, -0.2) is 0 Å². The molecule has 20 heavy (non-hydrogen) atoms. The first kappa shape index (κ1) is 14.9. The van der Waals surface area contributed by atoms with Crippen LogP contribution in [0.4, 0.5) is 5.69 Å². The summed E-state index contributed by atoms with van der Waals surface area (Å²) in [7, 11) is 0. The van der Waals surface area contributed by atoms with Crippen LogP contribution in [0.25, 0.3) is 0 Å². The fraction of sp³-hybridized carbons (Fsp3) is 0.562. The molecule has 1 aromatic carbocycles. The van der Waals surface area contributed by atoms with E-state index in [1.165, 1.54) is 0 Å². The molecule has 0 bridgehead atoms. The lowest BCUT2D eigenvalue weighted by Crippen LogP contribution is -2.42. The van der Waals surface area contributed by atoms with E-state index < -0.39 is 0 Å². The summed E-state index contributed by atoms with van der Waals surface area (Å²) in [4.78, 5) is 12.5. The maximum absolute atomic E-state index is 12.5. The zero-order valence-corrected chi connectivity index (χ0v) is 12.2. The molecule has 1 heterocycles. The Morgan fingerprint density at radius 2 is 2.20 bits per heavy atom. The van der Waals surface area contributed by atoms with Gasteiger partial charge in [-0.05, 0) is 30.4 Å². The van der Waals surface area contributed by atoms with Gasteiger partial charge in [-0.2, -0.15) is 0 Å². The molecule has 110 valence electrons. The van der Waals surface area contributed by atoms with Gasteiger partial charge in [0, 0.05) is 24.9 Å². The zero-order chi connectivity index (χ0) is 14.5. The molecule has 2 unspecified atom stereocenters. The number of fused-ring (bicyclic) bond motifs is 1. The minimum absolute atomic E-state index is 0.0366. The molecule has 4 nitrogen and oxygen atoms in total. The lowest BCUT2D eigenvalue weighted by atomic mass is 9.89. The van der Waals surface area contributed by atoms with Crippen molar-refractivity contribution in [1.82, 2.24) is 5.32 Å². The fourth-order valence-corrected chi connectivity index (χ4v) is 2.74. The van der Waals surface area contributed by atoms with Crippen LogP contribution in [0.1, 0.15) is 38.2 Å². The Morgan fingerprint density at radius 1 is 1.45 bits per heavy atom. The molecule has 1 aliphatic rings. The molecular weight excluding hydrogens is 252 g/mol. The number of anilines is 1. The van der Waals surface area contributed by atoms with Gasteiger partial charge in [-0.1, -0.05) is 32.0 Å². The molecule has 0 radical (unpaired) electrons. The second kappa shape index (κ2) is 6.75. The van der Waals surface area contributed by atoms with Gasteiger partial charge in [0.1, 0.15) is 0 Å². The summed E-state index contributed by atoms with van der Waals surface area (Å²) in [6.45, 7) is 5.06. The van der Waals surface area contributed by atoms with Gasteiger partial charge in [0.05, 0.1) is 5.92 Å². The van der Waals surface area contributed by atoms with Gasteiger partial charge in [-0.3, -0.25) is 4.79 Å². The van der Waals surface area contributed by atoms with E-state index in [1.807, 2.05) is 24.3 Å². The van der Waals surface area contributed by atoms with E-state index in [4.69, 9.17) is 5.11 Å². The molecule has 1 aromatic rings. The highest BCUT2D eigenvalue weighted by molar-refractivity contribution is 5.86. The van der Waals surface area contributed by atoms with Gasteiger partial charge < -0.3 is 15.7 Å². The Labute approximate surface area is 120 Å². The third-order valence-electron chi connectivity index (χ3n) is 3.97. The molecule has 0 saturated heterocycles. The lowest BCUT2D eigenvalue weighted by molar-refractivity contribution is -0.123. The Bertz CT molecular complexity index is 460. The van der Waals surface area contributed by atoms with Crippen LogP contribution in [0.2, 0.25) is 0 Å². The normalized spacial score (nSPS) is 19.1. The van der Waals surface area contributed by atoms with Crippen LogP contribution in [0.5, 0.6) is 0 Å². The number of carbonyl (C=O) groups is 1. The fourth-order valence-electron chi connectivity index (χ4n) is 2.74. The number of carbonyl (C=O) groups excluding carboxylic acids is 1. The van der Waals surface area contributed by atoms with Gasteiger partial charge in [0.15, 0.2) is 0 Å². The third-order valence-corrected chi connectivity index (χ3v) is 3.97. The second-order valence-corrected chi connectivity index (χ2v) is 5.73. The van der Waals surface area contributed by atoms with Crippen LogP contribution < -0.4 is 10.6 Å². The van der Waals surface area contributed by atoms with Gasteiger partial charge in [-0.15, -0.1) is 0 Å². The number of hydrogen-bond acceptors (Lipinski definition) is 3. The molecule has 4 heteroatoms. The van der Waals surface area contributed by atoms with Crippen molar-refractivity contribution >= 4 is 11.6 Å². The van der Waals surface area contributed by atoms with Crippen molar-refractivity contribution in [2.45, 2.75) is 38.6 Å². The topological polar surface area (TPSA) is 61.4 Å². The van der Waals surface area contributed by atoms with E-state index in [9.17, 15) is 4.79 Å². The second-order valence-electron chi connectivity index (χ2n) is 5.73. The minimum atomic E-state index is -0.0904. The predicted octanol–water partition coefficient (Wildman–Crippen LogP) is 2.11. The average molecular weight is 276 g/mol. The summed E-state index contributed by atoms with van der Waals surface area (Å²) in [6.07, 6.45) is 1.42. The molecule has 0 saturated carbocycles. The monoisotopic (exact) mass is 276 g/mol. The molecule has 2 atom stereocenters. The van der Waals surface area contributed by atoms with Gasteiger partial charge >= 0.3 is 0 Å². The van der Waals surface area contributed by atoms with Crippen LogP contribution in [-0.2, 0) is 4.79 Å². The predicted molar refractivity (Wildman–Crippen MR) is 80.8 cm³/mol. The van der Waals surface area contributed by atoms with Crippen LogP contribution in [0, 0.1) is 5.92 Å². The zero-order valence-electron chi connectivity index (χ0n) is 12.2. The van der Waals surface area contributed by atoms with E-state index in [0.717, 1.165) is 24.2 Å². The summed E-state index contributed by atoms with van der Waals surface area (Å²) in [6, 6.07) is 8.02. The smallest absolute Gasteiger partial charge is 0.227 e. The maximum atomic E-state index is 12.5. The van der Waals surface area contributed by atoms with Crippen molar-refractivity contribution in [2.75, 3.05) is 18.5 Å². The van der Waals surface area contributed by atoms with Crippen LogP contribution >= 0.6 is 0 Å². The van der Waals surface area contributed by atoms with Crippen LogP contribution in [0.3, 0.4) is 0 Å². The Kier molecular flexibility index (Phi) is 5.01. The number of aliphatic hydroxyl groups is 1. The van der Waals surface area contributed by atoms with E-state index in [1.54, 1.807) is 0 Å². The molecule has 1 aliphatic heterocycles. The van der Waals surface area contributed by atoms with Crippen molar-refractivity contribution in [1.29, 1.82) is 0 Å². The number of para-hydroxylation sites is 1. The van der Waals surface area contributed by atoms with Crippen molar-refractivity contribution in [3.8, 4) is 0 Å². The van der Waals surface area contributed by atoms with E-state index in [2.05, 4.69) is 24.5 Å². The van der Waals surface area contributed by atoms with Crippen molar-refractivity contribution in [3.63, 3.8) is 0 Å². The van der Waals surface area contributed by atoms with E-state index in [-0.39, 0.29) is 24.5 Å². The standard InChI is InChI=1S/C16H24N2O2/c1-11(2)14(8-10-19)18-16(20)13-7-9-17-15-6-4-3-5-12(13)15/h3-6,11,13-14,17,19H,7-10H2,1-2H3,(H,18,20). The first-order valence-electron chi connectivity index (χ1n) is 7.37. The Morgan fingerprint density at radius 3 is 2.90 bits per heavy atom. The highest BCUT2D eigenvalue weighted by Gasteiger charge is 2.28. The van der Waals surface area contributed by atoms with E-state index in [0.29, 0.717) is 12.3 Å². The van der Waals surface area contributed by atoms with Crippen molar-refractivity contribution < 1.29 is 9.90 Å². The molecule has 2 rings (SSSR count). The molecular formula is C16H24N2O2. The summed E-state index contributed by atoms with van der Waals surface area (Å²) in [5.41, 5.74) is 2.13. The van der Waals surface area contributed by atoms with Crippen LogP contribution in [-0.4, -0.2) is 30.2 Å². The first-order chi connectivity index (χ1) is 9.63. The lowest BCUT2D eigenvalue weighted by Gasteiger charge is -2.29. The largest absolute Gasteiger partial charge is 0.396 e. The Hall–Kier alpha value is -1.55. The average Bonchev–Trinajstić information content (AvgIpc) is 2.46. The maximum Gasteiger partial charge on any atom is 0.227 e. The summed E-state index contributed by atoms with van der Waals surface area (Å²) in [5, 5.41) is 15.5. The number of nitrogens with one attached hydrogen (secondary N) is 2. The number of amides is 1. The summed E-state index contributed by atoms with van der Waals surface area (Å²) >= 11 is 0. The summed E-state index contributed by atoms with van der Waals surface area (Å²) < 4.78 is 0. The van der Waals surface area contributed by atoms with Gasteiger partial charge in [0.25, 0.3) is 0 Å². The first-order valence-corrected chi connectivity index (χ1v) is 7.37. The van der Waals surface area contributed by atoms with E-state index >= 15 is 0 Å². The molecule has 1 amide bonds. The highest BCUT2D eigenvalue weighted by Crippen LogP contribution is 2.31. The minimum Gasteiger partial charge on any atom is -0.396 e. The number of aliphatic hydroxyl groups excluding tert-OH is 1. The summed E-state index contributed by atoms with van der Waals surface area (Å²) in [5.74, 6) is 0.307. The van der Waals surface area contributed by atoms with Crippen molar-refractivity contribution in [3.05, 3.63) is 29.8 Å². The molecule has 0 fully saturated rings. The number of rotatable bonds is 5. The molecule has 0 aliphatic carbocycles.